The summed E-state index contributed by atoms with van der Waals surface area (Å²) < 4.78 is 17.0. The zero-order chi connectivity index (χ0) is 21.7. The Morgan fingerprint density at radius 3 is 2.63 bits per heavy atom. The molecule has 0 unspecified atom stereocenters. The minimum absolute atomic E-state index is 0.0174. The fourth-order valence-electron chi connectivity index (χ4n) is 3.02. The van der Waals surface area contributed by atoms with Crippen molar-refractivity contribution in [2.24, 2.45) is 0 Å². The highest BCUT2D eigenvalue weighted by Gasteiger charge is 2.36. The molecule has 0 N–H and O–H groups in total. The Balaban J connectivity index is 1.73. The van der Waals surface area contributed by atoms with Crippen LogP contribution in [0.2, 0.25) is 10.0 Å². The molecular weight excluding hydrogens is 465 g/mol. The lowest BCUT2D eigenvalue weighted by Crippen LogP contribution is -2.34. The summed E-state index contributed by atoms with van der Waals surface area (Å²) in [5, 5.41) is 0.727. The van der Waals surface area contributed by atoms with Gasteiger partial charge < -0.3 is 14.2 Å². The summed E-state index contributed by atoms with van der Waals surface area (Å²) >= 11 is 19.4. The van der Waals surface area contributed by atoms with E-state index in [1.807, 2.05) is 24.3 Å². The van der Waals surface area contributed by atoms with Gasteiger partial charge in [-0.2, -0.15) is 0 Å². The maximum absolute atomic E-state index is 12.7. The minimum Gasteiger partial charge on any atom is -0.493 e. The van der Waals surface area contributed by atoms with Crippen LogP contribution < -0.4 is 9.47 Å². The maximum atomic E-state index is 12.7. The van der Waals surface area contributed by atoms with Crippen molar-refractivity contribution in [1.29, 1.82) is 0 Å². The molecular formula is C21H21Cl2NO4S2. The quantitative estimate of drug-likeness (QED) is 0.465. The van der Waals surface area contributed by atoms with Gasteiger partial charge in [0.15, 0.2) is 11.5 Å². The van der Waals surface area contributed by atoms with Gasteiger partial charge in [-0.25, -0.2) is 0 Å². The Labute approximate surface area is 195 Å². The Hall–Kier alpha value is -1.51. The monoisotopic (exact) mass is 485 g/mol. The van der Waals surface area contributed by atoms with E-state index in [1.165, 1.54) is 11.8 Å². The Bertz CT molecular complexity index is 941. The van der Waals surface area contributed by atoms with Crippen LogP contribution in [0.15, 0.2) is 36.4 Å². The van der Waals surface area contributed by atoms with Crippen molar-refractivity contribution >= 4 is 57.4 Å². The fraction of sp³-hybridized carbons (Fsp3) is 0.333. The summed E-state index contributed by atoms with van der Waals surface area (Å²) in [6, 6.07) is 11.1. The van der Waals surface area contributed by atoms with Crippen LogP contribution in [0.3, 0.4) is 0 Å². The molecule has 1 atom stereocenters. The zero-order valence-corrected chi connectivity index (χ0v) is 19.7. The van der Waals surface area contributed by atoms with Crippen molar-refractivity contribution in [2.75, 3.05) is 27.4 Å². The number of hydrogen-bond donors (Lipinski definition) is 0. The van der Waals surface area contributed by atoms with Crippen LogP contribution in [-0.2, 0) is 22.6 Å². The van der Waals surface area contributed by atoms with Crippen molar-refractivity contribution in [2.45, 2.75) is 18.3 Å². The number of carbonyl (C=O) groups excluding carboxylic acids is 1. The summed E-state index contributed by atoms with van der Waals surface area (Å²) in [4.78, 5) is 14.3. The fourth-order valence-corrected chi connectivity index (χ4v) is 5.09. The highest BCUT2D eigenvalue weighted by Crippen LogP contribution is 2.39. The van der Waals surface area contributed by atoms with Crippen LogP contribution in [0.4, 0.5) is 0 Å². The van der Waals surface area contributed by atoms with Gasteiger partial charge in [0.05, 0.1) is 30.5 Å². The van der Waals surface area contributed by atoms with Gasteiger partial charge in [0, 0.05) is 17.7 Å². The van der Waals surface area contributed by atoms with E-state index in [9.17, 15) is 4.79 Å². The molecule has 0 bridgehead atoms. The molecule has 1 aliphatic heterocycles. The van der Waals surface area contributed by atoms with Gasteiger partial charge in [0.2, 0.25) is 5.91 Å². The first-order valence-electron chi connectivity index (χ1n) is 9.18. The lowest BCUT2D eigenvalue weighted by Gasteiger charge is -2.16. The molecule has 9 heteroatoms. The number of hydrogen-bond acceptors (Lipinski definition) is 6. The van der Waals surface area contributed by atoms with E-state index in [0.717, 1.165) is 11.1 Å². The van der Waals surface area contributed by atoms with Crippen molar-refractivity contribution in [3.8, 4) is 11.5 Å². The van der Waals surface area contributed by atoms with Crippen LogP contribution in [-0.4, -0.2) is 47.7 Å². The predicted octanol–water partition coefficient (Wildman–Crippen LogP) is 5.00. The van der Waals surface area contributed by atoms with Crippen LogP contribution in [0, 0.1) is 0 Å². The highest BCUT2D eigenvalue weighted by molar-refractivity contribution is 8.24. The molecule has 0 saturated carbocycles. The molecule has 1 aliphatic rings. The van der Waals surface area contributed by atoms with Crippen molar-refractivity contribution in [3.63, 3.8) is 0 Å². The van der Waals surface area contributed by atoms with Crippen LogP contribution >= 0.6 is 47.2 Å². The van der Waals surface area contributed by atoms with Gasteiger partial charge >= 0.3 is 0 Å². The first kappa shape index (κ1) is 23.2. The lowest BCUT2D eigenvalue weighted by atomic mass is 10.1. The molecule has 30 heavy (non-hydrogen) atoms. The van der Waals surface area contributed by atoms with Crippen LogP contribution in [0.1, 0.15) is 11.1 Å². The molecule has 160 valence electrons. The molecule has 2 aromatic carbocycles. The third-order valence-electron chi connectivity index (χ3n) is 4.56. The number of thioether (sulfide) groups is 1. The van der Waals surface area contributed by atoms with Gasteiger partial charge in [0.1, 0.15) is 10.9 Å². The van der Waals surface area contributed by atoms with Gasteiger partial charge in [-0.1, -0.05) is 65.4 Å². The Kier molecular flexibility index (Phi) is 8.25. The second-order valence-electron chi connectivity index (χ2n) is 6.55. The van der Waals surface area contributed by atoms with E-state index in [1.54, 1.807) is 31.3 Å². The third kappa shape index (κ3) is 5.39. The molecule has 1 saturated heterocycles. The molecule has 1 fully saturated rings. The van der Waals surface area contributed by atoms with E-state index in [2.05, 4.69) is 0 Å². The van der Waals surface area contributed by atoms with Gasteiger partial charge in [0.25, 0.3) is 0 Å². The van der Waals surface area contributed by atoms with E-state index < -0.39 is 0 Å². The van der Waals surface area contributed by atoms with Gasteiger partial charge in [-0.15, -0.1) is 0 Å². The number of halogens is 2. The van der Waals surface area contributed by atoms with Crippen molar-refractivity contribution in [3.05, 3.63) is 57.6 Å². The Morgan fingerprint density at radius 2 is 1.93 bits per heavy atom. The van der Waals surface area contributed by atoms with E-state index in [-0.39, 0.29) is 17.8 Å². The van der Waals surface area contributed by atoms with Crippen LogP contribution in [0.5, 0.6) is 11.5 Å². The number of benzene rings is 2. The standard InChI is InChI=1S/C21H21Cl2NO4S2/c1-26-8-7-24-20(25)18(30-21(24)29)11-13-9-16(23)19(17(10-13)27-2)28-12-14-5-3-4-6-15(14)22/h3-6,9-10,18H,7-8,11-12H2,1-2H3/t18-/m1/s1. The summed E-state index contributed by atoms with van der Waals surface area (Å²) in [6.07, 6.45) is 0.480. The molecule has 1 amide bonds. The van der Waals surface area contributed by atoms with E-state index >= 15 is 0 Å². The lowest BCUT2D eigenvalue weighted by molar-refractivity contribution is -0.126. The average molecular weight is 486 g/mol. The average Bonchev–Trinajstić information content (AvgIpc) is 2.99. The number of amides is 1. The second-order valence-corrected chi connectivity index (χ2v) is 9.20. The molecule has 0 aliphatic carbocycles. The second kappa shape index (κ2) is 10.7. The number of methoxy groups -OCH3 is 2. The third-order valence-corrected chi connectivity index (χ3v) is 6.80. The number of ether oxygens (including phenoxy) is 3. The summed E-state index contributed by atoms with van der Waals surface area (Å²) in [7, 11) is 3.15. The molecule has 2 aromatic rings. The van der Waals surface area contributed by atoms with Crippen molar-refractivity contribution in [1.82, 2.24) is 4.90 Å². The molecule has 5 nitrogen and oxygen atoms in total. The van der Waals surface area contributed by atoms with Gasteiger partial charge in [-0.3, -0.25) is 9.69 Å². The smallest absolute Gasteiger partial charge is 0.242 e. The first-order valence-corrected chi connectivity index (χ1v) is 11.2. The highest BCUT2D eigenvalue weighted by atomic mass is 35.5. The predicted molar refractivity (Wildman–Crippen MR) is 125 cm³/mol. The minimum atomic E-state index is -0.301. The molecule has 1 heterocycles. The summed E-state index contributed by atoms with van der Waals surface area (Å²) in [5.41, 5.74) is 1.71. The van der Waals surface area contributed by atoms with Crippen LogP contribution in [0.25, 0.3) is 0 Å². The topological polar surface area (TPSA) is 48.0 Å². The van der Waals surface area contributed by atoms with Crippen molar-refractivity contribution < 1.29 is 19.0 Å². The summed E-state index contributed by atoms with van der Waals surface area (Å²) in [5.74, 6) is 0.917. The molecule has 0 spiro atoms. The Morgan fingerprint density at radius 1 is 1.17 bits per heavy atom. The number of thiocarbonyl (C=S) groups is 1. The normalized spacial score (nSPS) is 16.3. The van der Waals surface area contributed by atoms with E-state index in [4.69, 9.17) is 49.6 Å². The number of rotatable bonds is 9. The SMILES string of the molecule is COCCN1C(=O)[C@@H](Cc2cc(Cl)c(OCc3ccccc3Cl)c(OC)c2)SC1=S. The molecule has 0 radical (unpaired) electrons. The largest absolute Gasteiger partial charge is 0.493 e. The zero-order valence-electron chi connectivity index (χ0n) is 16.5. The molecule has 0 aromatic heterocycles. The van der Waals surface area contributed by atoms with Gasteiger partial charge in [-0.05, 0) is 30.2 Å². The molecule has 3 rings (SSSR count). The number of nitrogens with zero attached hydrogens (tertiary/aromatic N) is 1. The van der Waals surface area contributed by atoms with E-state index in [0.29, 0.717) is 45.4 Å². The maximum Gasteiger partial charge on any atom is 0.242 e. The number of carbonyl (C=O) groups is 1. The summed E-state index contributed by atoms with van der Waals surface area (Å²) in [6.45, 7) is 1.15. The first-order chi connectivity index (χ1) is 14.4.